The fraction of sp³-hybridized carbons (Fsp3) is 0.235. The van der Waals surface area contributed by atoms with E-state index in [4.69, 9.17) is 44.3 Å². The first kappa shape index (κ1) is 35.9. The molecule has 248 valence electrons. The molecular formula is C34H34Cl3N3O6S. The van der Waals surface area contributed by atoms with E-state index >= 15 is 0 Å². The number of rotatable bonds is 14. The molecule has 9 nitrogen and oxygen atoms in total. The van der Waals surface area contributed by atoms with E-state index < -0.39 is 34.4 Å². The van der Waals surface area contributed by atoms with Crippen molar-refractivity contribution >= 4 is 62.3 Å². The minimum atomic E-state index is -4.39. The summed E-state index contributed by atoms with van der Waals surface area (Å²) >= 11 is 18.8. The molecule has 13 heteroatoms. The summed E-state index contributed by atoms with van der Waals surface area (Å²) in [5.41, 5.74) is 1.50. The molecule has 4 rings (SSSR count). The van der Waals surface area contributed by atoms with Gasteiger partial charge in [0.25, 0.3) is 10.0 Å². The van der Waals surface area contributed by atoms with E-state index in [-0.39, 0.29) is 34.3 Å². The van der Waals surface area contributed by atoms with Gasteiger partial charge in [-0.2, -0.15) is 0 Å². The first-order valence-electron chi connectivity index (χ1n) is 14.5. The van der Waals surface area contributed by atoms with Crippen LogP contribution in [-0.2, 0) is 32.6 Å². The normalized spacial score (nSPS) is 11.8. The highest BCUT2D eigenvalue weighted by Crippen LogP contribution is 2.33. The third-order valence-corrected chi connectivity index (χ3v) is 9.92. The molecule has 0 aliphatic heterocycles. The molecule has 1 N–H and O–H groups in total. The van der Waals surface area contributed by atoms with E-state index in [1.54, 1.807) is 25.1 Å². The molecule has 47 heavy (non-hydrogen) atoms. The Hall–Kier alpha value is -3.96. The molecule has 0 bridgehead atoms. The molecule has 0 spiro atoms. The summed E-state index contributed by atoms with van der Waals surface area (Å²) in [6.07, 6.45) is 0.160. The lowest BCUT2D eigenvalue weighted by molar-refractivity contribution is -0.140. The van der Waals surface area contributed by atoms with Gasteiger partial charge in [-0.25, -0.2) is 8.42 Å². The summed E-state index contributed by atoms with van der Waals surface area (Å²) in [6.45, 7) is 1.33. The Kier molecular flexibility index (Phi) is 12.4. The number of methoxy groups -OCH3 is 2. The summed E-state index contributed by atoms with van der Waals surface area (Å²) in [5, 5.41) is 3.89. The van der Waals surface area contributed by atoms with Crippen molar-refractivity contribution in [2.24, 2.45) is 0 Å². The molecule has 4 aromatic rings. The highest BCUT2D eigenvalue weighted by atomic mass is 35.5. The van der Waals surface area contributed by atoms with Gasteiger partial charge < -0.3 is 19.7 Å². The minimum absolute atomic E-state index is 0.103. The van der Waals surface area contributed by atoms with Crippen molar-refractivity contribution in [1.29, 1.82) is 0 Å². The minimum Gasteiger partial charge on any atom is -0.493 e. The maximum atomic E-state index is 14.5. The molecule has 1 unspecified atom stereocenters. The number of halogens is 3. The topological polar surface area (TPSA) is 105 Å². The lowest BCUT2D eigenvalue weighted by Crippen LogP contribution is -2.53. The molecular weight excluding hydrogens is 685 g/mol. The zero-order valence-corrected chi connectivity index (χ0v) is 29.0. The van der Waals surface area contributed by atoms with Crippen LogP contribution in [0.15, 0.2) is 95.9 Å². The van der Waals surface area contributed by atoms with Gasteiger partial charge in [-0.1, -0.05) is 71.2 Å². The number of nitrogens with zero attached hydrogens (tertiary/aromatic N) is 2. The van der Waals surface area contributed by atoms with Crippen LogP contribution in [0, 0.1) is 0 Å². The van der Waals surface area contributed by atoms with Gasteiger partial charge in [0.1, 0.15) is 12.6 Å². The molecule has 0 saturated carbocycles. The van der Waals surface area contributed by atoms with Crippen molar-refractivity contribution in [3.05, 3.63) is 117 Å². The highest BCUT2D eigenvalue weighted by Gasteiger charge is 2.35. The van der Waals surface area contributed by atoms with Gasteiger partial charge in [0.15, 0.2) is 11.5 Å². The predicted octanol–water partition coefficient (Wildman–Crippen LogP) is 6.64. The number of amides is 2. The maximum Gasteiger partial charge on any atom is 0.264 e. The standard InChI is InChI=1S/C34H34Cl3N3O6S/c1-4-38-34(42)30(18-23-8-6-5-7-9-23)39(21-24-10-11-26(36)19-29(24)37)33(41)22-40(27-14-12-25(35)13-15-27)47(43,44)28-16-17-31(45-2)32(20-28)46-3/h5-17,19-20,30H,4,18,21-22H2,1-3H3,(H,38,42). The van der Waals surface area contributed by atoms with Crippen LogP contribution in [0.2, 0.25) is 15.1 Å². The summed E-state index contributed by atoms with van der Waals surface area (Å²) in [5.74, 6) is -0.538. The van der Waals surface area contributed by atoms with Gasteiger partial charge in [0.05, 0.1) is 24.8 Å². The molecule has 0 aliphatic carbocycles. The maximum absolute atomic E-state index is 14.5. The average Bonchev–Trinajstić information content (AvgIpc) is 3.06. The van der Waals surface area contributed by atoms with Crippen LogP contribution < -0.4 is 19.1 Å². The number of benzene rings is 4. The molecule has 0 saturated heterocycles. The monoisotopic (exact) mass is 717 g/mol. The lowest BCUT2D eigenvalue weighted by atomic mass is 10.0. The molecule has 0 aliphatic rings. The number of ether oxygens (including phenoxy) is 2. The van der Waals surface area contributed by atoms with Gasteiger partial charge in [0.2, 0.25) is 11.8 Å². The highest BCUT2D eigenvalue weighted by molar-refractivity contribution is 7.92. The Morgan fingerprint density at radius 1 is 0.830 bits per heavy atom. The zero-order valence-electron chi connectivity index (χ0n) is 26.0. The Balaban J connectivity index is 1.83. The molecule has 1 atom stereocenters. The molecule has 2 amide bonds. The molecule has 4 aromatic carbocycles. The van der Waals surface area contributed by atoms with Crippen molar-refractivity contribution in [2.75, 3.05) is 31.6 Å². The van der Waals surface area contributed by atoms with Gasteiger partial charge >= 0.3 is 0 Å². The van der Waals surface area contributed by atoms with Crippen molar-refractivity contribution < 1.29 is 27.5 Å². The predicted molar refractivity (Wildman–Crippen MR) is 185 cm³/mol. The number of nitrogens with one attached hydrogen (secondary N) is 1. The fourth-order valence-electron chi connectivity index (χ4n) is 4.92. The van der Waals surface area contributed by atoms with Gasteiger partial charge in [-0.3, -0.25) is 13.9 Å². The van der Waals surface area contributed by atoms with Gasteiger partial charge in [-0.05, 0) is 66.6 Å². The van der Waals surface area contributed by atoms with Crippen LogP contribution in [0.3, 0.4) is 0 Å². The zero-order chi connectivity index (χ0) is 34.1. The van der Waals surface area contributed by atoms with Crippen molar-refractivity contribution in [3.63, 3.8) is 0 Å². The number of hydrogen-bond acceptors (Lipinski definition) is 6. The molecule has 0 heterocycles. The van der Waals surface area contributed by atoms with Crippen LogP contribution in [0.25, 0.3) is 0 Å². The Morgan fingerprint density at radius 2 is 1.49 bits per heavy atom. The van der Waals surface area contributed by atoms with Gasteiger partial charge in [0, 0.05) is 40.6 Å². The van der Waals surface area contributed by atoms with Crippen LogP contribution in [0.5, 0.6) is 11.5 Å². The summed E-state index contributed by atoms with van der Waals surface area (Å²) in [4.78, 5) is 29.4. The largest absolute Gasteiger partial charge is 0.493 e. The lowest BCUT2D eigenvalue weighted by Gasteiger charge is -2.34. The van der Waals surface area contributed by atoms with Crippen LogP contribution >= 0.6 is 34.8 Å². The SMILES string of the molecule is CCNC(=O)C(Cc1ccccc1)N(Cc1ccc(Cl)cc1Cl)C(=O)CN(c1ccc(Cl)cc1)S(=O)(=O)c1ccc(OC)c(OC)c1. The van der Waals surface area contributed by atoms with E-state index in [1.165, 1.54) is 61.6 Å². The quantitative estimate of drug-likeness (QED) is 0.157. The fourth-order valence-corrected chi connectivity index (χ4v) is 6.94. The van der Waals surface area contributed by atoms with E-state index in [2.05, 4.69) is 5.32 Å². The second-order valence-corrected chi connectivity index (χ2v) is 13.5. The molecule has 0 fully saturated rings. The second-order valence-electron chi connectivity index (χ2n) is 10.4. The average molecular weight is 719 g/mol. The molecule has 0 aromatic heterocycles. The van der Waals surface area contributed by atoms with Crippen LogP contribution in [0.4, 0.5) is 5.69 Å². The number of hydrogen-bond donors (Lipinski definition) is 1. The third kappa shape index (κ3) is 8.90. The summed E-state index contributed by atoms with van der Waals surface area (Å²) in [6, 6.07) is 23.2. The summed E-state index contributed by atoms with van der Waals surface area (Å²) in [7, 11) is -1.56. The first-order valence-corrected chi connectivity index (χ1v) is 17.1. The van der Waals surface area contributed by atoms with Gasteiger partial charge in [-0.15, -0.1) is 0 Å². The van der Waals surface area contributed by atoms with Crippen molar-refractivity contribution in [2.45, 2.75) is 30.8 Å². The Bertz CT molecular complexity index is 1810. The second kappa shape index (κ2) is 16.2. The number of sulfonamides is 1. The smallest absolute Gasteiger partial charge is 0.264 e. The molecule has 0 radical (unpaired) electrons. The van der Waals surface area contributed by atoms with Crippen LogP contribution in [0.1, 0.15) is 18.1 Å². The van der Waals surface area contributed by atoms with E-state index in [1.807, 2.05) is 30.3 Å². The third-order valence-electron chi connectivity index (χ3n) is 7.31. The Labute approximate surface area is 290 Å². The van der Waals surface area contributed by atoms with E-state index in [0.717, 1.165) is 9.87 Å². The number of carbonyl (C=O) groups is 2. The number of anilines is 1. The number of likely N-dealkylation sites (N-methyl/N-ethyl adjacent to an activating group) is 1. The van der Waals surface area contributed by atoms with E-state index in [0.29, 0.717) is 27.9 Å². The van der Waals surface area contributed by atoms with Crippen LogP contribution in [-0.4, -0.2) is 58.5 Å². The first-order chi connectivity index (χ1) is 22.5. The number of carbonyl (C=O) groups excluding carboxylic acids is 2. The van der Waals surface area contributed by atoms with Crippen molar-refractivity contribution in [3.8, 4) is 11.5 Å². The van der Waals surface area contributed by atoms with Crippen molar-refractivity contribution in [1.82, 2.24) is 10.2 Å². The Morgan fingerprint density at radius 3 is 2.11 bits per heavy atom. The van der Waals surface area contributed by atoms with E-state index in [9.17, 15) is 18.0 Å². The summed E-state index contributed by atoms with van der Waals surface area (Å²) < 4.78 is 40.2.